The molecule has 21 heavy (non-hydrogen) atoms. The minimum absolute atomic E-state index is 0.463. The lowest BCUT2D eigenvalue weighted by Gasteiger charge is -2.11. The van der Waals surface area contributed by atoms with Gasteiger partial charge in [-0.2, -0.15) is 13.2 Å². The lowest BCUT2D eigenvalue weighted by Crippen LogP contribution is -2.36. The third-order valence-corrected chi connectivity index (χ3v) is 2.25. The molecule has 0 radical (unpaired) electrons. The van der Waals surface area contributed by atoms with Gasteiger partial charge in [0.25, 0.3) is 5.91 Å². The van der Waals surface area contributed by atoms with E-state index in [0.29, 0.717) is 0 Å². The van der Waals surface area contributed by atoms with E-state index in [1.807, 2.05) is 5.32 Å². The smallest absolute Gasteiger partial charge is 0.417 e. The highest BCUT2D eigenvalue weighted by atomic mass is 19.4. The lowest BCUT2D eigenvalue weighted by molar-refractivity contribution is -0.138. The molecule has 0 aliphatic carbocycles. The Bertz CT molecular complexity index is 558. The Labute approximate surface area is 117 Å². The van der Waals surface area contributed by atoms with E-state index >= 15 is 0 Å². The standard InChI is InChI=1S/C12H11F3N2O4/c13-12(14,15)8-4-2-1-3-7(8)11(20)21-6-10(19)17-5-9(16)18/h1-4H,5-6H2,(H2,16,18)(H,17,19). The number of alkyl halides is 3. The molecular weight excluding hydrogens is 293 g/mol. The zero-order valence-corrected chi connectivity index (χ0v) is 10.6. The predicted molar refractivity (Wildman–Crippen MR) is 63.9 cm³/mol. The number of hydrogen-bond donors (Lipinski definition) is 2. The maximum absolute atomic E-state index is 12.7. The summed E-state index contributed by atoms with van der Waals surface area (Å²) in [5.74, 6) is -2.96. The first kappa shape index (κ1) is 16.5. The predicted octanol–water partition coefficient (Wildman–Crippen LogP) is 0.464. The molecule has 1 rings (SSSR count). The van der Waals surface area contributed by atoms with Crippen molar-refractivity contribution in [2.75, 3.05) is 13.2 Å². The maximum atomic E-state index is 12.7. The average molecular weight is 304 g/mol. The Kier molecular flexibility index (Phi) is 5.28. The number of esters is 1. The number of benzene rings is 1. The van der Waals surface area contributed by atoms with Gasteiger partial charge in [-0.3, -0.25) is 9.59 Å². The first-order chi connectivity index (χ1) is 9.71. The second-order valence-corrected chi connectivity index (χ2v) is 3.86. The maximum Gasteiger partial charge on any atom is 0.417 e. The zero-order valence-electron chi connectivity index (χ0n) is 10.6. The highest BCUT2D eigenvalue weighted by Crippen LogP contribution is 2.32. The van der Waals surface area contributed by atoms with Gasteiger partial charge in [-0.05, 0) is 12.1 Å². The number of ether oxygens (including phenoxy) is 1. The van der Waals surface area contributed by atoms with Crippen LogP contribution in [0.3, 0.4) is 0 Å². The summed E-state index contributed by atoms with van der Waals surface area (Å²) >= 11 is 0. The van der Waals surface area contributed by atoms with Crippen molar-refractivity contribution in [1.82, 2.24) is 5.32 Å². The molecule has 6 nitrogen and oxygen atoms in total. The van der Waals surface area contributed by atoms with Gasteiger partial charge in [0.2, 0.25) is 5.91 Å². The van der Waals surface area contributed by atoms with Crippen LogP contribution in [-0.4, -0.2) is 30.9 Å². The van der Waals surface area contributed by atoms with Crippen LogP contribution in [0, 0.1) is 0 Å². The van der Waals surface area contributed by atoms with E-state index in [0.717, 1.165) is 18.2 Å². The summed E-state index contributed by atoms with van der Waals surface area (Å²) in [6.07, 6.45) is -4.72. The van der Waals surface area contributed by atoms with E-state index in [1.165, 1.54) is 6.07 Å². The van der Waals surface area contributed by atoms with Crippen LogP contribution in [0.15, 0.2) is 24.3 Å². The molecular formula is C12H11F3N2O4. The SMILES string of the molecule is NC(=O)CNC(=O)COC(=O)c1ccccc1C(F)(F)F. The van der Waals surface area contributed by atoms with Crippen LogP contribution in [-0.2, 0) is 20.5 Å². The number of rotatable bonds is 5. The Morgan fingerprint density at radius 1 is 1.19 bits per heavy atom. The lowest BCUT2D eigenvalue weighted by atomic mass is 10.1. The van der Waals surface area contributed by atoms with E-state index in [1.54, 1.807) is 0 Å². The molecule has 0 aliphatic rings. The number of amides is 2. The second-order valence-electron chi connectivity index (χ2n) is 3.86. The van der Waals surface area contributed by atoms with Gasteiger partial charge in [-0.25, -0.2) is 4.79 Å². The van der Waals surface area contributed by atoms with E-state index in [-0.39, 0.29) is 0 Å². The van der Waals surface area contributed by atoms with Crippen molar-refractivity contribution in [2.24, 2.45) is 5.73 Å². The summed E-state index contributed by atoms with van der Waals surface area (Å²) < 4.78 is 42.5. The number of nitrogens with two attached hydrogens (primary N) is 1. The fourth-order valence-electron chi connectivity index (χ4n) is 1.35. The molecule has 3 N–H and O–H groups in total. The number of hydrogen-bond acceptors (Lipinski definition) is 4. The van der Waals surface area contributed by atoms with Crippen LogP contribution in [0.1, 0.15) is 15.9 Å². The fraction of sp³-hybridized carbons (Fsp3) is 0.250. The number of halogens is 3. The van der Waals surface area contributed by atoms with Gasteiger partial charge in [0, 0.05) is 0 Å². The molecule has 0 bridgehead atoms. The molecule has 1 aromatic rings. The van der Waals surface area contributed by atoms with Crippen molar-refractivity contribution in [3.8, 4) is 0 Å². The first-order valence-corrected chi connectivity index (χ1v) is 5.60. The molecule has 0 saturated carbocycles. The summed E-state index contributed by atoms with van der Waals surface area (Å²) in [7, 11) is 0. The number of nitrogens with one attached hydrogen (secondary N) is 1. The van der Waals surface area contributed by atoms with E-state index in [9.17, 15) is 27.6 Å². The Hall–Kier alpha value is -2.58. The molecule has 9 heteroatoms. The topological polar surface area (TPSA) is 98.5 Å². The van der Waals surface area contributed by atoms with Crippen LogP contribution >= 0.6 is 0 Å². The summed E-state index contributed by atoms with van der Waals surface area (Å²) in [4.78, 5) is 33.1. The number of carbonyl (C=O) groups is 3. The molecule has 0 unspecified atom stereocenters. The van der Waals surface area contributed by atoms with Crippen molar-refractivity contribution in [3.05, 3.63) is 35.4 Å². The third kappa shape index (κ3) is 5.13. The van der Waals surface area contributed by atoms with Gasteiger partial charge < -0.3 is 15.8 Å². The number of primary amides is 1. The molecule has 0 aromatic heterocycles. The van der Waals surface area contributed by atoms with Crippen LogP contribution < -0.4 is 11.1 Å². The molecule has 0 atom stereocenters. The van der Waals surface area contributed by atoms with Crippen molar-refractivity contribution < 1.29 is 32.3 Å². The van der Waals surface area contributed by atoms with Crippen LogP contribution in [0.25, 0.3) is 0 Å². The van der Waals surface area contributed by atoms with Crippen LogP contribution in [0.4, 0.5) is 13.2 Å². The van der Waals surface area contributed by atoms with E-state index in [2.05, 4.69) is 4.74 Å². The minimum atomic E-state index is -4.72. The molecule has 0 fully saturated rings. The highest BCUT2D eigenvalue weighted by molar-refractivity contribution is 5.93. The molecule has 0 aliphatic heterocycles. The Morgan fingerprint density at radius 2 is 1.81 bits per heavy atom. The van der Waals surface area contributed by atoms with Crippen LogP contribution in [0.5, 0.6) is 0 Å². The largest absolute Gasteiger partial charge is 0.452 e. The second kappa shape index (κ2) is 6.73. The van der Waals surface area contributed by atoms with Crippen LogP contribution in [0.2, 0.25) is 0 Å². The first-order valence-electron chi connectivity index (χ1n) is 5.60. The van der Waals surface area contributed by atoms with E-state index < -0.39 is 48.2 Å². The molecule has 1 aromatic carbocycles. The average Bonchev–Trinajstić information content (AvgIpc) is 2.41. The van der Waals surface area contributed by atoms with Crippen molar-refractivity contribution in [3.63, 3.8) is 0 Å². The van der Waals surface area contributed by atoms with Gasteiger partial charge in [0.15, 0.2) is 6.61 Å². The summed E-state index contributed by atoms with van der Waals surface area (Å²) in [6, 6.07) is 4.02. The summed E-state index contributed by atoms with van der Waals surface area (Å²) in [5.41, 5.74) is 2.91. The monoisotopic (exact) mass is 304 g/mol. The van der Waals surface area contributed by atoms with Gasteiger partial charge in [0.1, 0.15) is 0 Å². The normalized spacial score (nSPS) is 10.8. The third-order valence-electron chi connectivity index (χ3n) is 2.25. The summed E-state index contributed by atoms with van der Waals surface area (Å²) in [6.45, 7) is -1.28. The van der Waals surface area contributed by atoms with Crippen molar-refractivity contribution in [2.45, 2.75) is 6.18 Å². The van der Waals surface area contributed by atoms with Gasteiger partial charge in [0.05, 0.1) is 17.7 Å². The Balaban J connectivity index is 2.69. The van der Waals surface area contributed by atoms with Gasteiger partial charge >= 0.3 is 12.1 Å². The molecule has 2 amide bonds. The van der Waals surface area contributed by atoms with Crippen molar-refractivity contribution in [1.29, 1.82) is 0 Å². The zero-order chi connectivity index (χ0) is 16.0. The van der Waals surface area contributed by atoms with Crippen molar-refractivity contribution >= 4 is 17.8 Å². The highest BCUT2D eigenvalue weighted by Gasteiger charge is 2.35. The van der Waals surface area contributed by atoms with Gasteiger partial charge in [-0.15, -0.1) is 0 Å². The summed E-state index contributed by atoms with van der Waals surface area (Å²) in [5, 5.41) is 2.02. The molecule has 0 saturated heterocycles. The fourth-order valence-corrected chi connectivity index (χ4v) is 1.35. The Morgan fingerprint density at radius 3 is 2.38 bits per heavy atom. The number of carbonyl (C=O) groups excluding carboxylic acids is 3. The molecule has 0 heterocycles. The van der Waals surface area contributed by atoms with E-state index in [4.69, 9.17) is 5.73 Å². The quantitative estimate of drug-likeness (QED) is 0.772. The van der Waals surface area contributed by atoms with Gasteiger partial charge in [-0.1, -0.05) is 12.1 Å². The minimum Gasteiger partial charge on any atom is -0.452 e. The molecule has 0 spiro atoms. The molecule has 114 valence electrons.